The number of hydrogen-bond donors (Lipinski definition) is 3. The zero-order chi connectivity index (χ0) is 21.3. The van der Waals surface area contributed by atoms with Gasteiger partial charge in [0, 0.05) is 31.3 Å². The van der Waals surface area contributed by atoms with Crippen LogP contribution in [0.5, 0.6) is 0 Å². The molecule has 0 bridgehead atoms. The summed E-state index contributed by atoms with van der Waals surface area (Å²) in [5.41, 5.74) is 3.43. The second kappa shape index (κ2) is 10.5. The highest BCUT2D eigenvalue weighted by Gasteiger charge is 2.16. The Kier molecular flexibility index (Phi) is 7.57. The number of ether oxygens (including phenoxy) is 1. The Morgan fingerprint density at radius 3 is 2.47 bits per heavy atom. The summed E-state index contributed by atoms with van der Waals surface area (Å²) >= 11 is 0. The molecule has 0 saturated carbocycles. The third kappa shape index (κ3) is 6.70. The maximum absolute atomic E-state index is 12.7. The van der Waals surface area contributed by atoms with Crippen LogP contribution in [0.1, 0.15) is 41.3 Å². The highest BCUT2D eigenvalue weighted by Crippen LogP contribution is 2.13. The summed E-state index contributed by atoms with van der Waals surface area (Å²) < 4.78 is 5.63. The Balaban J connectivity index is 1.67. The lowest BCUT2D eigenvalue weighted by Gasteiger charge is -2.14. The van der Waals surface area contributed by atoms with Gasteiger partial charge < -0.3 is 15.4 Å². The van der Waals surface area contributed by atoms with Gasteiger partial charge in [-0.25, -0.2) is 4.99 Å². The number of hydrogen-bond acceptors (Lipinski definition) is 4. The number of carbonyl (C=O) groups is 2. The fraction of sp³-hybridized carbons (Fsp3) is 0.348. The van der Waals surface area contributed by atoms with E-state index in [0.717, 1.165) is 36.3 Å². The molecule has 158 valence electrons. The average Bonchev–Trinajstić information content (AvgIpc) is 3.26. The van der Waals surface area contributed by atoms with Crippen LogP contribution in [0.25, 0.3) is 0 Å². The van der Waals surface area contributed by atoms with Crippen molar-refractivity contribution in [3.8, 4) is 0 Å². The van der Waals surface area contributed by atoms with E-state index in [4.69, 9.17) is 4.74 Å². The largest absolute Gasteiger partial charge is 0.376 e. The molecule has 0 aliphatic carbocycles. The van der Waals surface area contributed by atoms with Crippen LogP contribution in [-0.2, 0) is 16.1 Å². The third-order valence-electron chi connectivity index (χ3n) is 4.78. The molecule has 2 aromatic carbocycles. The Morgan fingerprint density at radius 2 is 1.83 bits per heavy atom. The quantitative estimate of drug-likeness (QED) is 0.506. The molecule has 1 aliphatic rings. The molecule has 1 saturated heterocycles. The van der Waals surface area contributed by atoms with Gasteiger partial charge in [-0.2, -0.15) is 0 Å². The van der Waals surface area contributed by atoms with Gasteiger partial charge in [-0.05, 0) is 49.6 Å². The summed E-state index contributed by atoms with van der Waals surface area (Å²) in [7, 11) is 0. The predicted octanol–water partition coefficient (Wildman–Crippen LogP) is 3.01. The minimum atomic E-state index is -0.258. The Labute approximate surface area is 176 Å². The van der Waals surface area contributed by atoms with Gasteiger partial charge in [-0.15, -0.1) is 0 Å². The molecule has 3 N–H and O–H groups in total. The van der Waals surface area contributed by atoms with Crippen LogP contribution in [0.15, 0.2) is 53.5 Å². The normalized spacial score (nSPS) is 16.2. The molecule has 1 atom stereocenters. The molecule has 3 rings (SSSR count). The van der Waals surface area contributed by atoms with Crippen molar-refractivity contribution in [1.29, 1.82) is 0 Å². The number of guanidine groups is 1. The van der Waals surface area contributed by atoms with Gasteiger partial charge >= 0.3 is 0 Å². The zero-order valence-electron chi connectivity index (χ0n) is 17.4. The number of aryl methyl sites for hydroxylation is 1. The van der Waals surface area contributed by atoms with Crippen molar-refractivity contribution in [3.63, 3.8) is 0 Å². The molecule has 0 radical (unpaired) electrons. The van der Waals surface area contributed by atoms with Crippen molar-refractivity contribution in [2.24, 2.45) is 4.99 Å². The van der Waals surface area contributed by atoms with E-state index in [1.165, 1.54) is 6.92 Å². The van der Waals surface area contributed by atoms with Crippen LogP contribution in [0, 0.1) is 6.92 Å². The highest BCUT2D eigenvalue weighted by atomic mass is 16.5. The minimum Gasteiger partial charge on any atom is -0.376 e. The third-order valence-corrected chi connectivity index (χ3v) is 4.78. The first-order valence-electron chi connectivity index (χ1n) is 10.1. The summed E-state index contributed by atoms with van der Waals surface area (Å²) in [5.74, 6) is 0.0413. The second-order valence-electron chi connectivity index (χ2n) is 7.38. The molecular formula is C23H28N4O3. The van der Waals surface area contributed by atoms with E-state index in [-0.39, 0.29) is 17.9 Å². The van der Waals surface area contributed by atoms with Crippen molar-refractivity contribution in [3.05, 3.63) is 65.2 Å². The van der Waals surface area contributed by atoms with E-state index in [0.29, 0.717) is 24.6 Å². The van der Waals surface area contributed by atoms with Gasteiger partial charge in [0.15, 0.2) is 0 Å². The molecule has 2 amide bonds. The topological polar surface area (TPSA) is 91.8 Å². The summed E-state index contributed by atoms with van der Waals surface area (Å²) in [5, 5.41) is 8.79. The number of nitrogens with one attached hydrogen (secondary N) is 3. The van der Waals surface area contributed by atoms with Crippen LogP contribution in [0.3, 0.4) is 0 Å². The maximum Gasteiger partial charge on any atom is 0.257 e. The smallest absolute Gasteiger partial charge is 0.257 e. The zero-order valence-corrected chi connectivity index (χ0v) is 17.4. The lowest BCUT2D eigenvalue weighted by atomic mass is 10.1. The fourth-order valence-corrected chi connectivity index (χ4v) is 3.05. The van der Waals surface area contributed by atoms with Crippen molar-refractivity contribution in [2.45, 2.75) is 39.3 Å². The van der Waals surface area contributed by atoms with Gasteiger partial charge in [0.2, 0.25) is 11.9 Å². The van der Waals surface area contributed by atoms with E-state index in [1.807, 2.05) is 43.3 Å². The lowest BCUT2D eigenvalue weighted by molar-refractivity contribution is -0.119. The number of rotatable bonds is 6. The maximum atomic E-state index is 12.7. The number of carbonyl (C=O) groups excluding carboxylic acids is 2. The van der Waals surface area contributed by atoms with Gasteiger partial charge in [-0.1, -0.05) is 29.8 Å². The first-order valence-corrected chi connectivity index (χ1v) is 10.1. The molecule has 0 unspecified atom stereocenters. The Bertz CT molecular complexity index is 886. The standard InChI is InChI=1S/C23H28N4O3/c1-16-5-11-20(12-6-16)26-23(25-15-21-4-3-13-30-21)27-22(29)19-9-7-18(8-10-19)14-24-17(2)28/h5-12,21H,3-4,13-15H2,1-2H3,(H,24,28)(H2,25,26,27,29)/t21-/m1/s1. The first kappa shape index (κ1) is 21.5. The van der Waals surface area contributed by atoms with Gasteiger partial charge in [-0.3, -0.25) is 14.9 Å². The molecule has 0 aromatic heterocycles. The van der Waals surface area contributed by atoms with E-state index < -0.39 is 0 Å². The number of aliphatic imine (C=N–C) groups is 1. The van der Waals surface area contributed by atoms with Gasteiger partial charge in [0.25, 0.3) is 5.91 Å². The van der Waals surface area contributed by atoms with Crippen LogP contribution in [0.2, 0.25) is 0 Å². The second-order valence-corrected chi connectivity index (χ2v) is 7.38. The van der Waals surface area contributed by atoms with Crippen LogP contribution < -0.4 is 16.0 Å². The Morgan fingerprint density at radius 1 is 1.10 bits per heavy atom. The number of nitrogens with zero attached hydrogens (tertiary/aromatic N) is 1. The molecule has 7 nitrogen and oxygen atoms in total. The number of amides is 2. The number of anilines is 1. The molecule has 1 heterocycles. The van der Waals surface area contributed by atoms with Gasteiger partial charge in [0.1, 0.15) is 0 Å². The average molecular weight is 409 g/mol. The van der Waals surface area contributed by atoms with E-state index in [2.05, 4.69) is 20.9 Å². The molecule has 30 heavy (non-hydrogen) atoms. The molecule has 2 aromatic rings. The van der Waals surface area contributed by atoms with Crippen LogP contribution >= 0.6 is 0 Å². The SMILES string of the molecule is CC(=O)NCc1ccc(C(=O)NC(=NC[C@H]2CCCO2)Nc2ccc(C)cc2)cc1. The fourth-order valence-electron chi connectivity index (χ4n) is 3.05. The lowest BCUT2D eigenvalue weighted by Crippen LogP contribution is -2.36. The summed E-state index contributed by atoms with van der Waals surface area (Å²) in [6, 6.07) is 15.0. The van der Waals surface area contributed by atoms with Crippen molar-refractivity contribution < 1.29 is 14.3 Å². The van der Waals surface area contributed by atoms with Crippen molar-refractivity contribution in [1.82, 2.24) is 10.6 Å². The first-order chi connectivity index (χ1) is 14.5. The van der Waals surface area contributed by atoms with Crippen molar-refractivity contribution >= 4 is 23.5 Å². The molecule has 7 heteroatoms. The summed E-state index contributed by atoms with van der Waals surface area (Å²) in [6.45, 7) is 5.18. The Hall–Kier alpha value is -3.19. The van der Waals surface area contributed by atoms with E-state index in [1.54, 1.807) is 12.1 Å². The molecule has 0 spiro atoms. The molecule has 1 fully saturated rings. The summed E-state index contributed by atoms with van der Waals surface area (Å²) in [6.07, 6.45) is 2.10. The molecular weight excluding hydrogens is 380 g/mol. The van der Waals surface area contributed by atoms with Gasteiger partial charge in [0.05, 0.1) is 12.6 Å². The summed E-state index contributed by atoms with van der Waals surface area (Å²) in [4.78, 5) is 28.3. The minimum absolute atomic E-state index is 0.0878. The van der Waals surface area contributed by atoms with E-state index in [9.17, 15) is 9.59 Å². The number of benzene rings is 2. The molecule has 1 aliphatic heterocycles. The predicted molar refractivity (Wildman–Crippen MR) is 118 cm³/mol. The van der Waals surface area contributed by atoms with Crippen LogP contribution in [0.4, 0.5) is 5.69 Å². The van der Waals surface area contributed by atoms with Crippen LogP contribution in [-0.4, -0.2) is 37.0 Å². The van der Waals surface area contributed by atoms with E-state index >= 15 is 0 Å². The van der Waals surface area contributed by atoms with Crippen molar-refractivity contribution in [2.75, 3.05) is 18.5 Å². The highest BCUT2D eigenvalue weighted by molar-refractivity contribution is 6.10. The monoisotopic (exact) mass is 408 g/mol.